The predicted octanol–water partition coefficient (Wildman–Crippen LogP) is 3.39. The van der Waals surface area contributed by atoms with E-state index in [0.29, 0.717) is 5.92 Å². The van der Waals surface area contributed by atoms with Crippen LogP contribution < -0.4 is 5.32 Å². The Labute approximate surface area is 142 Å². The summed E-state index contributed by atoms with van der Waals surface area (Å²) in [5, 5.41) is 18.8. The number of nitrogens with zero attached hydrogens (tertiary/aromatic N) is 2. The molecule has 0 saturated heterocycles. The molecule has 4 nitrogen and oxygen atoms in total. The molecule has 1 aliphatic carbocycles. The van der Waals surface area contributed by atoms with Crippen molar-refractivity contribution in [1.82, 2.24) is 15.1 Å². The highest BCUT2D eigenvalue weighted by Gasteiger charge is 2.24. The lowest BCUT2D eigenvalue weighted by molar-refractivity contribution is 0.131. The predicted molar refractivity (Wildman–Crippen MR) is 93.1 cm³/mol. The molecule has 1 saturated carbocycles. The quantitative estimate of drug-likeness (QED) is 0.881. The SMILES string of the molecule is Cc1nn(-c2ccc(Cl)cc2)c(C)c1CNCC1CCCC1O. The van der Waals surface area contributed by atoms with Crippen LogP contribution in [0.4, 0.5) is 0 Å². The smallest absolute Gasteiger partial charge is 0.0649 e. The molecule has 1 aromatic heterocycles. The van der Waals surface area contributed by atoms with Crippen LogP contribution in [0.25, 0.3) is 5.69 Å². The molecule has 2 aromatic rings. The minimum atomic E-state index is -0.138. The Morgan fingerprint density at radius 2 is 2.00 bits per heavy atom. The third-order valence-electron chi connectivity index (χ3n) is 4.84. The summed E-state index contributed by atoms with van der Waals surface area (Å²) < 4.78 is 1.97. The number of aliphatic hydroxyl groups excluding tert-OH is 1. The summed E-state index contributed by atoms with van der Waals surface area (Å²) in [5.41, 5.74) is 4.43. The molecule has 0 bridgehead atoms. The van der Waals surface area contributed by atoms with Crippen molar-refractivity contribution in [2.45, 2.75) is 45.8 Å². The zero-order valence-electron chi connectivity index (χ0n) is 13.7. The number of aryl methyl sites for hydroxylation is 1. The lowest BCUT2D eigenvalue weighted by atomic mass is 10.1. The number of hydrogen-bond donors (Lipinski definition) is 2. The molecule has 3 rings (SSSR count). The van der Waals surface area contributed by atoms with Gasteiger partial charge in [-0.2, -0.15) is 5.10 Å². The van der Waals surface area contributed by atoms with Crippen LogP contribution in [-0.4, -0.2) is 27.5 Å². The number of nitrogens with one attached hydrogen (secondary N) is 1. The second-order valence-electron chi connectivity index (χ2n) is 6.43. The molecule has 2 atom stereocenters. The molecule has 124 valence electrons. The van der Waals surface area contributed by atoms with Crippen LogP contribution in [0.3, 0.4) is 0 Å². The molecule has 0 amide bonds. The average Bonchev–Trinajstić information content (AvgIpc) is 3.06. The van der Waals surface area contributed by atoms with Crippen molar-refractivity contribution in [2.75, 3.05) is 6.54 Å². The first kappa shape index (κ1) is 16.5. The Morgan fingerprint density at radius 1 is 1.26 bits per heavy atom. The Hall–Kier alpha value is -1.36. The maximum absolute atomic E-state index is 9.90. The van der Waals surface area contributed by atoms with Crippen molar-refractivity contribution in [2.24, 2.45) is 5.92 Å². The van der Waals surface area contributed by atoms with E-state index in [0.717, 1.165) is 54.4 Å². The van der Waals surface area contributed by atoms with E-state index in [1.807, 2.05) is 35.9 Å². The molecule has 0 aliphatic heterocycles. The fourth-order valence-electron chi connectivity index (χ4n) is 3.40. The monoisotopic (exact) mass is 333 g/mol. The molecule has 5 heteroatoms. The minimum absolute atomic E-state index is 0.138. The highest BCUT2D eigenvalue weighted by molar-refractivity contribution is 6.30. The maximum Gasteiger partial charge on any atom is 0.0649 e. The van der Waals surface area contributed by atoms with Gasteiger partial charge in [-0.15, -0.1) is 0 Å². The second-order valence-corrected chi connectivity index (χ2v) is 6.86. The summed E-state index contributed by atoms with van der Waals surface area (Å²) in [7, 11) is 0. The summed E-state index contributed by atoms with van der Waals surface area (Å²) in [6, 6.07) is 7.72. The normalized spacial score (nSPS) is 21.0. The second kappa shape index (κ2) is 7.04. The summed E-state index contributed by atoms with van der Waals surface area (Å²) in [4.78, 5) is 0. The van der Waals surface area contributed by atoms with Crippen molar-refractivity contribution in [3.63, 3.8) is 0 Å². The topological polar surface area (TPSA) is 50.1 Å². The van der Waals surface area contributed by atoms with E-state index >= 15 is 0 Å². The third kappa shape index (κ3) is 3.60. The summed E-state index contributed by atoms with van der Waals surface area (Å²) >= 11 is 5.96. The Morgan fingerprint density at radius 3 is 2.65 bits per heavy atom. The Balaban J connectivity index is 1.69. The van der Waals surface area contributed by atoms with E-state index in [9.17, 15) is 5.11 Å². The number of benzene rings is 1. The largest absolute Gasteiger partial charge is 0.393 e. The minimum Gasteiger partial charge on any atom is -0.393 e. The summed E-state index contributed by atoms with van der Waals surface area (Å²) in [6.07, 6.45) is 3.07. The average molecular weight is 334 g/mol. The zero-order chi connectivity index (χ0) is 16.4. The fraction of sp³-hybridized carbons (Fsp3) is 0.500. The highest BCUT2D eigenvalue weighted by Crippen LogP contribution is 2.25. The molecule has 2 unspecified atom stereocenters. The molecular weight excluding hydrogens is 310 g/mol. The van der Waals surface area contributed by atoms with Gasteiger partial charge in [0, 0.05) is 29.4 Å². The van der Waals surface area contributed by atoms with Crippen LogP contribution in [0.15, 0.2) is 24.3 Å². The van der Waals surface area contributed by atoms with Gasteiger partial charge in [-0.3, -0.25) is 0 Å². The summed E-state index contributed by atoms with van der Waals surface area (Å²) in [6.45, 7) is 5.79. The lowest BCUT2D eigenvalue weighted by Crippen LogP contribution is -2.27. The van der Waals surface area contributed by atoms with E-state index in [-0.39, 0.29) is 6.10 Å². The van der Waals surface area contributed by atoms with Gasteiger partial charge in [-0.1, -0.05) is 18.0 Å². The van der Waals surface area contributed by atoms with Gasteiger partial charge >= 0.3 is 0 Å². The molecule has 1 heterocycles. The van der Waals surface area contributed by atoms with Crippen LogP contribution in [-0.2, 0) is 6.54 Å². The Kier molecular flexibility index (Phi) is 5.05. The van der Waals surface area contributed by atoms with E-state index in [4.69, 9.17) is 11.6 Å². The number of rotatable bonds is 5. The standard InChI is InChI=1S/C18H24ClN3O/c1-12-17(11-20-10-14-4-3-5-18(14)23)13(2)22(21-12)16-8-6-15(19)7-9-16/h6-9,14,18,20,23H,3-5,10-11H2,1-2H3. The summed E-state index contributed by atoms with van der Waals surface area (Å²) in [5.74, 6) is 0.391. The Bertz CT molecular complexity index is 666. The van der Waals surface area contributed by atoms with Crippen molar-refractivity contribution < 1.29 is 5.11 Å². The first-order valence-electron chi connectivity index (χ1n) is 8.26. The van der Waals surface area contributed by atoms with E-state index < -0.39 is 0 Å². The van der Waals surface area contributed by atoms with E-state index in [2.05, 4.69) is 17.3 Å². The van der Waals surface area contributed by atoms with Crippen LogP contribution in [0.5, 0.6) is 0 Å². The van der Waals surface area contributed by atoms with Crippen LogP contribution in [0.2, 0.25) is 5.02 Å². The molecule has 23 heavy (non-hydrogen) atoms. The van der Waals surface area contributed by atoms with Crippen LogP contribution in [0, 0.1) is 19.8 Å². The van der Waals surface area contributed by atoms with Crippen molar-refractivity contribution in [3.05, 3.63) is 46.2 Å². The molecule has 1 fully saturated rings. The molecule has 1 aromatic carbocycles. The first-order chi connectivity index (χ1) is 11.1. The van der Waals surface area contributed by atoms with E-state index in [1.54, 1.807) is 0 Å². The number of hydrogen-bond acceptors (Lipinski definition) is 3. The number of halogens is 1. The van der Waals surface area contributed by atoms with Crippen LogP contribution in [0.1, 0.15) is 36.2 Å². The molecule has 0 radical (unpaired) electrons. The zero-order valence-corrected chi connectivity index (χ0v) is 14.5. The maximum atomic E-state index is 9.90. The highest BCUT2D eigenvalue weighted by atomic mass is 35.5. The van der Waals surface area contributed by atoms with Crippen molar-refractivity contribution in [1.29, 1.82) is 0 Å². The molecule has 2 N–H and O–H groups in total. The number of aromatic nitrogens is 2. The van der Waals surface area contributed by atoms with Crippen molar-refractivity contribution in [3.8, 4) is 5.69 Å². The first-order valence-corrected chi connectivity index (χ1v) is 8.64. The van der Waals surface area contributed by atoms with Crippen LogP contribution >= 0.6 is 11.6 Å². The van der Waals surface area contributed by atoms with Gasteiger partial charge < -0.3 is 10.4 Å². The number of aliphatic hydroxyl groups is 1. The molecule has 1 aliphatic rings. The van der Waals surface area contributed by atoms with Gasteiger partial charge in [0.2, 0.25) is 0 Å². The molecule has 0 spiro atoms. The fourth-order valence-corrected chi connectivity index (χ4v) is 3.53. The van der Waals surface area contributed by atoms with E-state index in [1.165, 1.54) is 5.56 Å². The van der Waals surface area contributed by atoms with Gasteiger partial charge in [0.25, 0.3) is 0 Å². The van der Waals surface area contributed by atoms with Gasteiger partial charge in [0.15, 0.2) is 0 Å². The van der Waals surface area contributed by atoms with Gasteiger partial charge in [0.1, 0.15) is 0 Å². The van der Waals surface area contributed by atoms with Crippen molar-refractivity contribution >= 4 is 11.6 Å². The van der Waals surface area contributed by atoms with Gasteiger partial charge in [-0.05, 0) is 56.9 Å². The van der Waals surface area contributed by atoms with Gasteiger partial charge in [-0.25, -0.2) is 4.68 Å². The third-order valence-corrected chi connectivity index (χ3v) is 5.09. The van der Waals surface area contributed by atoms with Gasteiger partial charge in [0.05, 0.1) is 17.5 Å². The lowest BCUT2D eigenvalue weighted by Gasteiger charge is -2.15. The molecular formula is C18H24ClN3O.